The van der Waals surface area contributed by atoms with E-state index in [9.17, 15) is 9.90 Å². The minimum atomic E-state index is -0.526. The van der Waals surface area contributed by atoms with Gasteiger partial charge in [0, 0.05) is 0 Å². The van der Waals surface area contributed by atoms with Crippen molar-refractivity contribution in [2.24, 2.45) is 0 Å². The molecule has 0 heterocycles. The van der Waals surface area contributed by atoms with Gasteiger partial charge < -0.3 is 15.2 Å². The molecule has 0 bridgehead atoms. The molecular formula is C16H16NO3. The van der Waals surface area contributed by atoms with Gasteiger partial charge in [-0.05, 0) is 30.2 Å². The number of ether oxygens (including phenoxy) is 1. The van der Waals surface area contributed by atoms with Crippen LogP contribution in [0, 0.1) is 6.92 Å². The second-order valence-electron chi connectivity index (χ2n) is 4.35. The van der Waals surface area contributed by atoms with Crippen molar-refractivity contribution in [2.45, 2.75) is 12.6 Å². The van der Waals surface area contributed by atoms with Crippen molar-refractivity contribution in [3.05, 3.63) is 72.6 Å². The summed E-state index contributed by atoms with van der Waals surface area (Å²) in [7, 11) is 0. The Kier molecular flexibility index (Phi) is 4.60. The summed E-state index contributed by atoms with van der Waals surface area (Å²) in [5, 5.41) is 11.8. The number of alkyl carbamates (subject to hydrolysis) is 1. The third-order valence-corrected chi connectivity index (χ3v) is 2.80. The first kappa shape index (κ1) is 13.9. The number of carbonyl (C=O) groups excluding carboxylic acids is 1. The number of rotatable bonds is 4. The lowest BCUT2D eigenvalue weighted by atomic mass is 10.1. The average molecular weight is 270 g/mol. The van der Waals surface area contributed by atoms with E-state index in [1.54, 1.807) is 24.3 Å². The Bertz CT molecular complexity index is 552. The number of benzene rings is 2. The summed E-state index contributed by atoms with van der Waals surface area (Å²) >= 11 is 0. The van der Waals surface area contributed by atoms with E-state index in [1.807, 2.05) is 30.3 Å². The molecule has 2 aromatic carbocycles. The molecule has 0 unspecified atom stereocenters. The first-order valence-corrected chi connectivity index (χ1v) is 6.24. The lowest BCUT2D eigenvalue weighted by Crippen LogP contribution is -2.27. The molecule has 0 saturated heterocycles. The Morgan fingerprint density at radius 1 is 1.15 bits per heavy atom. The third-order valence-electron chi connectivity index (χ3n) is 2.80. The summed E-state index contributed by atoms with van der Waals surface area (Å²) in [6.07, 6.45) is -0.526. The van der Waals surface area contributed by atoms with Gasteiger partial charge in [0.25, 0.3) is 0 Å². The van der Waals surface area contributed by atoms with E-state index in [0.717, 1.165) is 11.1 Å². The highest BCUT2D eigenvalue weighted by atomic mass is 16.5. The summed E-state index contributed by atoms with van der Waals surface area (Å²) in [5.74, 6) is 0.174. The van der Waals surface area contributed by atoms with Crippen LogP contribution in [0.25, 0.3) is 0 Å². The Morgan fingerprint density at radius 3 is 2.45 bits per heavy atom. The Balaban J connectivity index is 1.83. The fourth-order valence-electron chi connectivity index (χ4n) is 1.70. The maximum Gasteiger partial charge on any atom is 0.407 e. The van der Waals surface area contributed by atoms with E-state index in [1.165, 1.54) is 0 Å². The normalized spacial score (nSPS) is 11.7. The Morgan fingerprint density at radius 2 is 1.80 bits per heavy atom. The molecule has 0 aromatic heterocycles. The van der Waals surface area contributed by atoms with Crippen molar-refractivity contribution < 1.29 is 14.6 Å². The molecule has 4 heteroatoms. The van der Waals surface area contributed by atoms with Gasteiger partial charge in [0.15, 0.2) is 0 Å². The summed E-state index contributed by atoms with van der Waals surface area (Å²) < 4.78 is 5.10. The van der Waals surface area contributed by atoms with Crippen LogP contribution in [0.5, 0.6) is 5.75 Å². The zero-order chi connectivity index (χ0) is 14.4. The molecule has 20 heavy (non-hydrogen) atoms. The van der Waals surface area contributed by atoms with E-state index in [-0.39, 0.29) is 12.4 Å². The Labute approximate surface area is 118 Å². The van der Waals surface area contributed by atoms with E-state index in [4.69, 9.17) is 4.74 Å². The van der Waals surface area contributed by atoms with Gasteiger partial charge in [-0.2, -0.15) is 0 Å². The maximum absolute atomic E-state index is 11.6. The van der Waals surface area contributed by atoms with Gasteiger partial charge in [-0.3, -0.25) is 0 Å². The second kappa shape index (κ2) is 6.61. The lowest BCUT2D eigenvalue weighted by Gasteiger charge is -2.14. The molecule has 2 N–H and O–H groups in total. The number of aromatic hydroxyl groups is 1. The van der Waals surface area contributed by atoms with Crippen molar-refractivity contribution >= 4 is 6.09 Å². The van der Waals surface area contributed by atoms with Gasteiger partial charge in [0.1, 0.15) is 12.4 Å². The lowest BCUT2D eigenvalue weighted by molar-refractivity contribution is 0.137. The molecule has 0 saturated carbocycles. The highest BCUT2D eigenvalue weighted by molar-refractivity contribution is 5.68. The number of hydrogen-bond acceptors (Lipinski definition) is 3. The highest BCUT2D eigenvalue weighted by Crippen LogP contribution is 2.16. The fraction of sp³-hybridized carbons (Fsp3) is 0.125. The van der Waals surface area contributed by atoms with Crippen molar-refractivity contribution in [3.8, 4) is 5.75 Å². The van der Waals surface area contributed by atoms with Crippen LogP contribution in [0.4, 0.5) is 4.79 Å². The van der Waals surface area contributed by atoms with Crippen LogP contribution >= 0.6 is 0 Å². The van der Waals surface area contributed by atoms with Gasteiger partial charge >= 0.3 is 6.09 Å². The summed E-state index contributed by atoms with van der Waals surface area (Å²) in [4.78, 5) is 11.6. The molecule has 2 aromatic rings. The molecule has 0 aliphatic carbocycles. The Hall–Kier alpha value is -2.49. The van der Waals surface area contributed by atoms with E-state index in [0.29, 0.717) is 0 Å². The predicted octanol–water partition coefficient (Wildman–Crippen LogP) is 3.19. The predicted molar refractivity (Wildman–Crippen MR) is 76.0 cm³/mol. The van der Waals surface area contributed by atoms with Gasteiger partial charge in [-0.25, -0.2) is 4.79 Å². The monoisotopic (exact) mass is 270 g/mol. The molecule has 1 amide bonds. The maximum atomic E-state index is 11.6. The zero-order valence-corrected chi connectivity index (χ0v) is 11.0. The summed E-state index contributed by atoms with van der Waals surface area (Å²) in [6, 6.07) is 15.5. The highest BCUT2D eigenvalue weighted by Gasteiger charge is 2.10. The smallest absolute Gasteiger partial charge is 0.407 e. The molecular weight excluding hydrogens is 254 g/mol. The summed E-state index contributed by atoms with van der Waals surface area (Å²) in [5.41, 5.74) is 1.72. The van der Waals surface area contributed by atoms with Crippen molar-refractivity contribution in [2.75, 3.05) is 0 Å². The molecule has 2 rings (SSSR count). The zero-order valence-electron chi connectivity index (χ0n) is 11.0. The minimum Gasteiger partial charge on any atom is -0.508 e. The average Bonchev–Trinajstić information content (AvgIpc) is 2.47. The first-order valence-electron chi connectivity index (χ1n) is 6.24. The first-order chi connectivity index (χ1) is 9.65. The van der Waals surface area contributed by atoms with Gasteiger partial charge in [-0.15, -0.1) is 0 Å². The van der Waals surface area contributed by atoms with E-state index in [2.05, 4.69) is 12.2 Å². The number of nitrogens with one attached hydrogen (secondary N) is 1. The van der Waals surface area contributed by atoms with Crippen LogP contribution in [0.1, 0.15) is 17.2 Å². The number of carbonyl (C=O) groups is 1. The second-order valence-corrected chi connectivity index (χ2v) is 4.35. The van der Waals surface area contributed by atoms with Crippen LogP contribution in [0.3, 0.4) is 0 Å². The topological polar surface area (TPSA) is 58.6 Å². The van der Waals surface area contributed by atoms with E-state index >= 15 is 0 Å². The number of phenols is 1. The van der Waals surface area contributed by atoms with Crippen LogP contribution in [0.15, 0.2) is 54.6 Å². The van der Waals surface area contributed by atoms with Gasteiger partial charge in [-0.1, -0.05) is 42.5 Å². The molecule has 0 aliphatic heterocycles. The number of amides is 1. The van der Waals surface area contributed by atoms with Crippen LogP contribution in [-0.4, -0.2) is 11.2 Å². The van der Waals surface area contributed by atoms with Crippen molar-refractivity contribution in [1.29, 1.82) is 0 Å². The summed E-state index contributed by atoms with van der Waals surface area (Å²) in [6.45, 7) is 4.06. The standard InChI is InChI=1S/C16H16NO3/c1-12(14-7-9-15(18)10-8-14)17-16(19)20-11-13-5-3-2-4-6-13/h2-10,12,18H,1,11H2,(H,17,19)/t12-/m1/s1. The molecule has 0 spiro atoms. The third kappa shape index (κ3) is 4.02. The molecule has 0 aliphatic rings. The van der Waals surface area contributed by atoms with Crippen LogP contribution in [0.2, 0.25) is 0 Å². The van der Waals surface area contributed by atoms with Gasteiger partial charge in [0.05, 0.1) is 6.04 Å². The fourth-order valence-corrected chi connectivity index (χ4v) is 1.70. The number of hydrogen-bond donors (Lipinski definition) is 2. The largest absolute Gasteiger partial charge is 0.508 e. The van der Waals surface area contributed by atoms with Crippen molar-refractivity contribution in [3.63, 3.8) is 0 Å². The quantitative estimate of drug-likeness (QED) is 0.897. The molecule has 4 nitrogen and oxygen atoms in total. The molecule has 1 atom stereocenters. The van der Waals surface area contributed by atoms with Crippen molar-refractivity contribution in [1.82, 2.24) is 5.32 Å². The van der Waals surface area contributed by atoms with Crippen LogP contribution in [-0.2, 0) is 11.3 Å². The molecule has 1 radical (unpaired) electrons. The molecule has 0 fully saturated rings. The minimum absolute atomic E-state index is 0.174. The number of phenolic OH excluding ortho intramolecular Hbond substituents is 1. The van der Waals surface area contributed by atoms with E-state index < -0.39 is 12.1 Å². The van der Waals surface area contributed by atoms with Crippen LogP contribution < -0.4 is 5.32 Å². The molecule has 103 valence electrons. The SMILES string of the molecule is [CH2][C@@H](NC(=O)OCc1ccccc1)c1ccc(O)cc1. The van der Waals surface area contributed by atoms with Gasteiger partial charge in [0.2, 0.25) is 0 Å².